The second-order valence-electron chi connectivity index (χ2n) is 2.40. The van der Waals surface area contributed by atoms with Crippen molar-refractivity contribution in [2.75, 3.05) is 0 Å². The van der Waals surface area contributed by atoms with Gasteiger partial charge in [0.1, 0.15) is 0 Å². The summed E-state index contributed by atoms with van der Waals surface area (Å²) in [4.78, 5) is 2.42. The minimum atomic E-state index is 0.883. The molecule has 0 bridgehead atoms. The first-order valence-electron chi connectivity index (χ1n) is 3.93. The minimum absolute atomic E-state index is 0.883. The molecule has 1 aliphatic heterocycles. The number of allylic oxidation sites excluding steroid dienone is 2. The second kappa shape index (κ2) is 7.80. The van der Waals surface area contributed by atoms with Crippen LogP contribution in [-0.4, -0.2) is 41.0 Å². The van der Waals surface area contributed by atoms with Gasteiger partial charge < -0.3 is 0 Å². The molecular weight excluding hydrogens is 333 g/mol. The Kier molecular flexibility index (Phi) is 7.27. The standard InChI is InChI=1S/C8H13Se3/c1-2-4-6-8-10-11-9-7-5-3-1/h3,5,7H,1-2,4,6,8H2/b5-3-. The zero-order valence-electron chi connectivity index (χ0n) is 6.49. The Hall–Kier alpha value is 1.17. The molecule has 0 atom stereocenters. The summed E-state index contributed by atoms with van der Waals surface area (Å²) in [5.74, 6) is 0. The molecule has 0 aliphatic carbocycles. The van der Waals surface area contributed by atoms with Gasteiger partial charge in [0.25, 0.3) is 0 Å². The van der Waals surface area contributed by atoms with Crippen LogP contribution in [0.25, 0.3) is 0 Å². The van der Waals surface area contributed by atoms with Crippen LogP contribution in [0, 0.1) is 0 Å². The zero-order valence-corrected chi connectivity index (χ0v) is 11.6. The predicted molar refractivity (Wildman–Crippen MR) is 55.7 cm³/mol. The van der Waals surface area contributed by atoms with E-state index in [2.05, 4.69) is 17.1 Å². The Morgan fingerprint density at radius 2 is 2.09 bits per heavy atom. The number of hydrogen-bond donors (Lipinski definition) is 0. The van der Waals surface area contributed by atoms with Crippen molar-refractivity contribution >= 4 is 41.0 Å². The molecule has 0 aromatic rings. The first-order valence-corrected chi connectivity index (χ1v) is 14.8. The van der Waals surface area contributed by atoms with E-state index in [9.17, 15) is 0 Å². The van der Waals surface area contributed by atoms with Gasteiger partial charge in [-0.25, -0.2) is 0 Å². The van der Waals surface area contributed by atoms with E-state index in [1.54, 1.807) is 5.32 Å². The molecule has 3 radical (unpaired) electrons. The molecule has 0 aromatic heterocycles. The summed E-state index contributed by atoms with van der Waals surface area (Å²) in [6, 6.07) is 0. The quantitative estimate of drug-likeness (QED) is 0.580. The van der Waals surface area contributed by atoms with Crippen molar-refractivity contribution in [2.24, 2.45) is 0 Å². The maximum absolute atomic E-state index is 2.42. The van der Waals surface area contributed by atoms with Crippen LogP contribution in [0.4, 0.5) is 0 Å². The van der Waals surface area contributed by atoms with Crippen LogP contribution in [-0.2, 0) is 0 Å². The van der Waals surface area contributed by atoms with Gasteiger partial charge in [0.15, 0.2) is 0 Å². The normalized spacial score (nSPS) is 22.5. The Bertz CT molecular complexity index is 152. The molecule has 1 heterocycles. The molecule has 3 heteroatoms. The van der Waals surface area contributed by atoms with Gasteiger partial charge in [0.05, 0.1) is 0 Å². The van der Waals surface area contributed by atoms with Gasteiger partial charge in [0.2, 0.25) is 0 Å². The molecule has 0 N–H and O–H groups in total. The van der Waals surface area contributed by atoms with Gasteiger partial charge in [-0.15, -0.1) is 0 Å². The van der Waals surface area contributed by atoms with Crippen LogP contribution < -0.4 is 0 Å². The summed E-state index contributed by atoms with van der Waals surface area (Å²) in [5.41, 5.74) is 0. The Morgan fingerprint density at radius 3 is 3.09 bits per heavy atom. The van der Waals surface area contributed by atoms with Crippen molar-refractivity contribution in [3.8, 4) is 0 Å². The average Bonchev–Trinajstić information content (AvgIpc) is 2.08. The molecule has 1 aliphatic rings. The zero-order chi connectivity index (χ0) is 7.78. The van der Waals surface area contributed by atoms with E-state index in [0.717, 1.165) is 36.1 Å². The summed E-state index contributed by atoms with van der Waals surface area (Å²) in [5, 5.41) is 1.56. The summed E-state index contributed by atoms with van der Waals surface area (Å²) in [6.45, 7) is 0. The van der Waals surface area contributed by atoms with Crippen molar-refractivity contribution < 1.29 is 0 Å². The van der Waals surface area contributed by atoms with Crippen LogP contribution in [0.15, 0.2) is 12.2 Å². The van der Waals surface area contributed by atoms with Crippen molar-refractivity contribution in [1.29, 1.82) is 0 Å². The van der Waals surface area contributed by atoms with E-state index in [4.69, 9.17) is 0 Å². The fourth-order valence-electron chi connectivity index (χ4n) is 0.868. The van der Waals surface area contributed by atoms with Gasteiger partial charge in [-0.3, -0.25) is 0 Å². The second-order valence-corrected chi connectivity index (χ2v) is 18.9. The molecule has 0 fully saturated rings. The van der Waals surface area contributed by atoms with Gasteiger partial charge in [-0.1, -0.05) is 0 Å². The molecule has 0 saturated heterocycles. The Morgan fingerprint density at radius 1 is 1.09 bits per heavy atom. The van der Waals surface area contributed by atoms with Crippen LogP contribution >= 0.6 is 0 Å². The molecule has 1 rings (SSSR count). The first kappa shape index (κ1) is 10.3. The number of rotatable bonds is 0. The van der Waals surface area contributed by atoms with Crippen LogP contribution in [0.1, 0.15) is 25.7 Å². The van der Waals surface area contributed by atoms with Crippen LogP contribution in [0.5, 0.6) is 0 Å². The summed E-state index contributed by atoms with van der Waals surface area (Å²) in [7, 11) is 1.02. The molecule has 0 unspecified atom stereocenters. The Balaban J connectivity index is 2.36. The van der Waals surface area contributed by atoms with Crippen molar-refractivity contribution in [3.63, 3.8) is 0 Å². The van der Waals surface area contributed by atoms with Gasteiger partial charge in [-0.05, 0) is 0 Å². The van der Waals surface area contributed by atoms with E-state index in [1.165, 1.54) is 25.7 Å². The summed E-state index contributed by atoms with van der Waals surface area (Å²) >= 11 is 1.91. The monoisotopic (exact) mass is 349 g/mol. The predicted octanol–water partition coefficient (Wildman–Crippen LogP) is 1.28. The van der Waals surface area contributed by atoms with Gasteiger partial charge in [0, 0.05) is 0 Å². The summed E-state index contributed by atoms with van der Waals surface area (Å²) < 4.78 is 0. The third kappa shape index (κ3) is 6.34. The van der Waals surface area contributed by atoms with E-state index < -0.39 is 0 Å². The maximum atomic E-state index is 2.42. The van der Waals surface area contributed by atoms with Gasteiger partial charge >= 0.3 is 84.1 Å². The molecule has 0 nitrogen and oxygen atoms in total. The summed E-state index contributed by atoms with van der Waals surface area (Å²) in [6.07, 6.45) is 10.3. The third-order valence-electron chi connectivity index (χ3n) is 1.46. The Labute approximate surface area is 83.6 Å². The van der Waals surface area contributed by atoms with E-state index >= 15 is 0 Å². The fourth-order valence-corrected chi connectivity index (χ4v) is 15.7. The van der Waals surface area contributed by atoms with E-state index in [0.29, 0.717) is 0 Å². The number of hydrogen-bond acceptors (Lipinski definition) is 0. The average molecular weight is 346 g/mol. The molecule has 0 aromatic carbocycles. The molecule has 11 heavy (non-hydrogen) atoms. The van der Waals surface area contributed by atoms with Crippen LogP contribution in [0.2, 0.25) is 5.32 Å². The van der Waals surface area contributed by atoms with Gasteiger partial charge in [-0.2, -0.15) is 0 Å². The molecule has 0 saturated carbocycles. The molecule has 63 valence electrons. The van der Waals surface area contributed by atoms with E-state index in [1.807, 2.05) is 0 Å². The van der Waals surface area contributed by atoms with Crippen molar-refractivity contribution in [1.82, 2.24) is 0 Å². The third-order valence-corrected chi connectivity index (χ3v) is 18.2. The fraction of sp³-hybridized carbons (Fsp3) is 0.625. The van der Waals surface area contributed by atoms with E-state index in [-0.39, 0.29) is 0 Å². The molecular formula is C8H13Se3. The van der Waals surface area contributed by atoms with Crippen molar-refractivity contribution in [2.45, 2.75) is 31.0 Å². The molecule has 0 spiro atoms. The SMILES string of the molecule is C1=[Se][Se]=[Se]CCCCC/C=C\1. The topological polar surface area (TPSA) is 0 Å². The van der Waals surface area contributed by atoms with Crippen LogP contribution in [0.3, 0.4) is 0 Å². The van der Waals surface area contributed by atoms with Crippen molar-refractivity contribution in [3.05, 3.63) is 12.2 Å². The molecule has 0 amide bonds. The first-order chi connectivity index (χ1) is 5.50.